The van der Waals surface area contributed by atoms with Crippen LogP contribution in [0.2, 0.25) is 0 Å². The Morgan fingerprint density at radius 1 is 1.05 bits per heavy atom. The minimum atomic E-state index is 0.535. The Hall–Kier alpha value is -0.340. The van der Waals surface area contributed by atoms with Crippen molar-refractivity contribution >= 4 is 0 Å². The van der Waals surface area contributed by atoms with E-state index >= 15 is 0 Å². The van der Waals surface area contributed by atoms with Crippen LogP contribution in [-0.4, -0.2) is 49.1 Å². The van der Waals surface area contributed by atoms with E-state index in [1.54, 1.807) is 0 Å². The molecule has 0 radical (unpaired) electrons. The number of nitrogens with zero attached hydrogens (tertiary/aromatic N) is 2. The molecule has 0 unspecified atom stereocenters. The van der Waals surface area contributed by atoms with Gasteiger partial charge in [0.05, 0.1) is 0 Å². The molecule has 2 heteroatoms. The van der Waals surface area contributed by atoms with Crippen molar-refractivity contribution in [3.05, 3.63) is 12.7 Å². The summed E-state index contributed by atoms with van der Waals surface area (Å²) in [5, 5.41) is 0. The first-order chi connectivity index (χ1) is 9.07. The second-order valence-corrected chi connectivity index (χ2v) is 7.17. The third-order valence-corrected chi connectivity index (χ3v) is 5.50. The van der Waals surface area contributed by atoms with Gasteiger partial charge in [-0.1, -0.05) is 33.3 Å². The molecule has 0 saturated carbocycles. The van der Waals surface area contributed by atoms with Gasteiger partial charge in [0.1, 0.15) is 0 Å². The number of hydrogen-bond acceptors (Lipinski definition) is 2. The molecule has 0 spiro atoms. The summed E-state index contributed by atoms with van der Waals surface area (Å²) in [7, 11) is 0. The zero-order chi connectivity index (χ0) is 13.9. The number of fused-ring (bicyclic) bond motifs is 2. The van der Waals surface area contributed by atoms with Gasteiger partial charge in [0.2, 0.25) is 0 Å². The van der Waals surface area contributed by atoms with Crippen LogP contribution in [-0.2, 0) is 0 Å². The molecule has 2 atom stereocenters. The first-order valence-electron chi connectivity index (χ1n) is 8.13. The van der Waals surface area contributed by atoms with Crippen LogP contribution in [0.1, 0.15) is 40.0 Å². The molecule has 2 bridgehead atoms. The lowest BCUT2D eigenvalue weighted by Gasteiger charge is -2.56. The fourth-order valence-electron chi connectivity index (χ4n) is 3.81. The molecule has 0 aromatic rings. The van der Waals surface area contributed by atoms with Crippen LogP contribution in [0.25, 0.3) is 0 Å². The number of piperidine rings is 2. The molecule has 2 heterocycles. The number of hydrogen-bond donors (Lipinski definition) is 0. The fraction of sp³-hybridized carbons (Fsp3) is 0.882. The molecule has 0 amide bonds. The summed E-state index contributed by atoms with van der Waals surface area (Å²) in [6, 6.07) is 0. The normalized spacial score (nSPS) is 31.3. The maximum absolute atomic E-state index is 3.86. The van der Waals surface area contributed by atoms with E-state index in [0.29, 0.717) is 5.41 Å². The average Bonchev–Trinajstić information content (AvgIpc) is 2.34. The Morgan fingerprint density at radius 3 is 2.05 bits per heavy atom. The van der Waals surface area contributed by atoms with Crippen molar-refractivity contribution in [3.8, 4) is 0 Å². The summed E-state index contributed by atoms with van der Waals surface area (Å²) in [5.74, 6) is 1.70. The van der Waals surface area contributed by atoms with E-state index in [-0.39, 0.29) is 0 Å². The van der Waals surface area contributed by atoms with E-state index in [4.69, 9.17) is 0 Å². The standard InChI is InChI=1S/C17H32N2/c1-5-7-9-18-11-15-13-19(10-8-6-2)14-16(12-18)17(15,3)4/h5,15-16H,1,6-14H2,2-4H3/t15-,16+. The highest BCUT2D eigenvalue weighted by atomic mass is 15.2. The molecular formula is C17H32N2. The monoisotopic (exact) mass is 264 g/mol. The summed E-state index contributed by atoms with van der Waals surface area (Å²) < 4.78 is 0. The minimum Gasteiger partial charge on any atom is -0.303 e. The third kappa shape index (κ3) is 3.41. The zero-order valence-corrected chi connectivity index (χ0v) is 13.2. The molecule has 0 N–H and O–H groups in total. The van der Waals surface area contributed by atoms with Gasteiger partial charge in [0, 0.05) is 32.7 Å². The van der Waals surface area contributed by atoms with Gasteiger partial charge in [-0.25, -0.2) is 0 Å². The lowest BCUT2D eigenvalue weighted by Crippen LogP contribution is -2.61. The highest BCUT2D eigenvalue weighted by Gasteiger charge is 2.46. The van der Waals surface area contributed by atoms with Gasteiger partial charge in [-0.05, 0) is 36.6 Å². The predicted molar refractivity (Wildman–Crippen MR) is 83.4 cm³/mol. The Kier molecular flexibility index (Phi) is 5.08. The zero-order valence-electron chi connectivity index (χ0n) is 13.2. The predicted octanol–water partition coefficient (Wildman–Crippen LogP) is 3.25. The Bertz CT molecular complexity index is 280. The van der Waals surface area contributed by atoms with Gasteiger partial charge in [-0.2, -0.15) is 0 Å². The lowest BCUT2D eigenvalue weighted by molar-refractivity contribution is -0.0710. The number of likely N-dealkylation sites (tertiary alicyclic amines) is 2. The van der Waals surface area contributed by atoms with E-state index in [9.17, 15) is 0 Å². The first-order valence-corrected chi connectivity index (χ1v) is 8.13. The van der Waals surface area contributed by atoms with Crippen LogP contribution in [0.5, 0.6) is 0 Å². The van der Waals surface area contributed by atoms with E-state index in [1.807, 2.05) is 0 Å². The first kappa shape index (κ1) is 15.1. The van der Waals surface area contributed by atoms with Crippen molar-refractivity contribution in [1.82, 2.24) is 9.80 Å². The summed E-state index contributed by atoms with van der Waals surface area (Å²) >= 11 is 0. The molecule has 2 rings (SSSR count). The second-order valence-electron chi connectivity index (χ2n) is 7.17. The Balaban J connectivity index is 1.96. The van der Waals surface area contributed by atoms with Gasteiger partial charge in [0.15, 0.2) is 0 Å². The van der Waals surface area contributed by atoms with Crippen LogP contribution in [0.4, 0.5) is 0 Å². The maximum Gasteiger partial charge on any atom is 0.00274 e. The Labute approximate surface area is 119 Å². The quantitative estimate of drug-likeness (QED) is 0.680. The van der Waals surface area contributed by atoms with Gasteiger partial charge in [-0.15, -0.1) is 6.58 Å². The lowest BCUT2D eigenvalue weighted by atomic mass is 9.63. The van der Waals surface area contributed by atoms with Crippen molar-refractivity contribution in [3.63, 3.8) is 0 Å². The average molecular weight is 264 g/mol. The van der Waals surface area contributed by atoms with Gasteiger partial charge in [0.25, 0.3) is 0 Å². The fourth-order valence-corrected chi connectivity index (χ4v) is 3.81. The molecular weight excluding hydrogens is 232 g/mol. The SMILES string of the molecule is C=CCCN1C[C@@H]2CN(CCCC)C[C@H](C1)C2(C)C. The number of unbranched alkanes of at least 4 members (excludes halogenated alkanes) is 1. The molecule has 2 saturated heterocycles. The maximum atomic E-state index is 3.86. The molecule has 2 aliphatic rings. The summed E-state index contributed by atoms with van der Waals surface area (Å²) in [5.41, 5.74) is 0.535. The second kappa shape index (κ2) is 6.41. The minimum absolute atomic E-state index is 0.535. The largest absolute Gasteiger partial charge is 0.303 e. The van der Waals surface area contributed by atoms with Crippen LogP contribution < -0.4 is 0 Å². The summed E-state index contributed by atoms with van der Waals surface area (Å²) in [6.45, 7) is 18.9. The van der Waals surface area contributed by atoms with Crippen molar-refractivity contribution < 1.29 is 0 Å². The van der Waals surface area contributed by atoms with E-state index in [2.05, 4.69) is 43.2 Å². The van der Waals surface area contributed by atoms with Crippen molar-refractivity contribution in [2.24, 2.45) is 17.3 Å². The van der Waals surface area contributed by atoms with Crippen molar-refractivity contribution in [1.29, 1.82) is 0 Å². The van der Waals surface area contributed by atoms with Gasteiger partial charge >= 0.3 is 0 Å². The van der Waals surface area contributed by atoms with E-state index < -0.39 is 0 Å². The molecule has 19 heavy (non-hydrogen) atoms. The molecule has 0 aromatic carbocycles. The van der Waals surface area contributed by atoms with Crippen molar-refractivity contribution in [2.75, 3.05) is 39.3 Å². The number of rotatable bonds is 6. The molecule has 110 valence electrons. The highest BCUT2D eigenvalue weighted by molar-refractivity contribution is 4.99. The van der Waals surface area contributed by atoms with Crippen LogP contribution in [0, 0.1) is 17.3 Å². The van der Waals surface area contributed by atoms with Gasteiger partial charge in [-0.3, -0.25) is 0 Å². The summed E-state index contributed by atoms with van der Waals surface area (Å²) in [6.07, 6.45) is 5.88. The topological polar surface area (TPSA) is 6.48 Å². The molecule has 2 fully saturated rings. The van der Waals surface area contributed by atoms with Crippen molar-refractivity contribution in [2.45, 2.75) is 40.0 Å². The van der Waals surface area contributed by atoms with Gasteiger partial charge < -0.3 is 9.80 Å². The van der Waals surface area contributed by atoms with E-state index in [1.165, 1.54) is 52.1 Å². The summed E-state index contributed by atoms with van der Waals surface area (Å²) in [4.78, 5) is 5.41. The molecule has 2 aliphatic heterocycles. The Morgan fingerprint density at radius 2 is 1.58 bits per heavy atom. The molecule has 0 aromatic heterocycles. The van der Waals surface area contributed by atoms with Crippen LogP contribution >= 0.6 is 0 Å². The van der Waals surface area contributed by atoms with Crippen LogP contribution in [0.3, 0.4) is 0 Å². The third-order valence-electron chi connectivity index (χ3n) is 5.50. The molecule has 2 nitrogen and oxygen atoms in total. The smallest absolute Gasteiger partial charge is 0.00274 e. The highest BCUT2D eigenvalue weighted by Crippen LogP contribution is 2.44. The van der Waals surface area contributed by atoms with E-state index in [0.717, 1.165) is 18.3 Å². The molecule has 0 aliphatic carbocycles. The van der Waals surface area contributed by atoms with Crippen LogP contribution in [0.15, 0.2) is 12.7 Å².